The van der Waals surface area contributed by atoms with Crippen molar-refractivity contribution in [2.75, 3.05) is 0 Å². The summed E-state index contributed by atoms with van der Waals surface area (Å²) >= 11 is 0. The molecular formula is C42H30N4. The first kappa shape index (κ1) is 27.4. The van der Waals surface area contributed by atoms with Crippen molar-refractivity contribution >= 4 is 43.6 Å². The van der Waals surface area contributed by atoms with E-state index in [1.807, 2.05) is 24.3 Å². The molecule has 0 unspecified atom stereocenters. The van der Waals surface area contributed by atoms with E-state index in [0.29, 0.717) is 11.1 Å². The summed E-state index contributed by atoms with van der Waals surface area (Å²) in [4.78, 5) is 0. The molecule has 0 aliphatic carbocycles. The summed E-state index contributed by atoms with van der Waals surface area (Å²) in [6.45, 7) is 8.62. The second kappa shape index (κ2) is 10.2. The van der Waals surface area contributed by atoms with E-state index >= 15 is 0 Å². The molecule has 0 atom stereocenters. The fourth-order valence-electron chi connectivity index (χ4n) is 7.46. The Bertz CT molecular complexity index is 2530. The average molecular weight is 591 g/mol. The second-order valence-electron chi connectivity index (χ2n) is 12.2. The largest absolute Gasteiger partial charge is 0.309 e. The molecule has 2 aromatic heterocycles. The summed E-state index contributed by atoms with van der Waals surface area (Å²) in [6, 6.07) is 42.5. The van der Waals surface area contributed by atoms with E-state index in [0.717, 1.165) is 44.6 Å². The number of nitrogens with zero attached hydrogens (tertiary/aromatic N) is 4. The fourth-order valence-corrected chi connectivity index (χ4v) is 7.46. The predicted octanol–water partition coefficient (Wildman–Crippen LogP) is 10.5. The number of aromatic nitrogens is 2. The molecular weight excluding hydrogens is 560 g/mol. The van der Waals surface area contributed by atoms with Crippen LogP contribution in [0.5, 0.6) is 0 Å². The third-order valence-corrected chi connectivity index (χ3v) is 9.49. The van der Waals surface area contributed by atoms with Crippen molar-refractivity contribution in [1.82, 2.24) is 9.13 Å². The zero-order chi connectivity index (χ0) is 31.7. The van der Waals surface area contributed by atoms with Gasteiger partial charge in [0.1, 0.15) is 6.07 Å². The molecule has 6 aromatic carbocycles. The lowest BCUT2D eigenvalue weighted by molar-refractivity contribution is 1.13. The maximum atomic E-state index is 10.8. The summed E-state index contributed by atoms with van der Waals surface area (Å²) < 4.78 is 4.54. The number of fused-ring (bicyclic) bond motifs is 6. The van der Waals surface area contributed by atoms with E-state index in [-0.39, 0.29) is 0 Å². The van der Waals surface area contributed by atoms with Crippen molar-refractivity contribution in [3.05, 3.63) is 143 Å². The van der Waals surface area contributed by atoms with E-state index in [2.05, 4.69) is 134 Å². The minimum absolute atomic E-state index is 0.576. The molecule has 8 rings (SSSR count). The predicted molar refractivity (Wildman–Crippen MR) is 189 cm³/mol. The Morgan fingerprint density at radius 1 is 0.457 bits per heavy atom. The molecule has 0 saturated heterocycles. The summed E-state index contributed by atoms with van der Waals surface area (Å²) in [6.07, 6.45) is 0. The highest BCUT2D eigenvalue weighted by atomic mass is 15.0. The van der Waals surface area contributed by atoms with Gasteiger partial charge in [-0.3, -0.25) is 0 Å². The molecule has 0 saturated carbocycles. The highest BCUT2D eigenvalue weighted by Gasteiger charge is 2.23. The summed E-state index contributed by atoms with van der Waals surface area (Å²) in [5.41, 5.74) is 13.9. The molecule has 0 N–H and O–H groups in total. The minimum Gasteiger partial charge on any atom is -0.309 e. The third-order valence-electron chi connectivity index (χ3n) is 9.49. The Hall–Kier alpha value is -6.10. The Morgan fingerprint density at radius 3 is 1.33 bits per heavy atom. The van der Waals surface area contributed by atoms with Crippen LogP contribution in [0.4, 0.5) is 0 Å². The van der Waals surface area contributed by atoms with Crippen molar-refractivity contribution < 1.29 is 0 Å². The van der Waals surface area contributed by atoms with Gasteiger partial charge in [0.15, 0.2) is 0 Å². The van der Waals surface area contributed by atoms with Crippen LogP contribution in [0.1, 0.15) is 33.4 Å². The van der Waals surface area contributed by atoms with Gasteiger partial charge in [0, 0.05) is 27.1 Å². The molecule has 218 valence electrons. The molecule has 0 radical (unpaired) electrons. The smallest absolute Gasteiger partial charge is 0.101 e. The lowest BCUT2D eigenvalue weighted by atomic mass is 9.98. The first-order valence-electron chi connectivity index (χ1n) is 15.5. The summed E-state index contributed by atoms with van der Waals surface area (Å²) in [5, 5.41) is 25.5. The van der Waals surface area contributed by atoms with Crippen molar-refractivity contribution in [2.24, 2.45) is 0 Å². The van der Waals surface area contributed by atoms with Crippen LogP contribution in [0.2, 0.25) is 0 Å². The quantitative estimate of drug-likeness (QED) is 0.206. The average Bonchev–Trinajstić information content (AvgIpc) is 3.60. The zero-order valence-electron chi connectivity index (χ0n) is 26.2. The molecule has 0 aliphatic heterocycles. The number of hydrogen-bond acceptors (Lipinski definition) is 2. The number of hydrogen-bond donors (Lipinski definition) is 0. The van der Waals surface area contributed by atoms with Crippen molar-refractivity contribution in [3.63, 3.8) is 0 Å². The van der Waals surface area contributed by atoms with Crippen molar-refractivity contribution in [1.29, 1.82) is 10.5 Å². The zero-order valence-corrected chi connectivity index (χ0v) is 26.2. The lowest BCUT2D eigenvalue weighted by Crippen LogP contribution is -2.04. The van der Waals surface area contributed by atoms with Crippen LogP contribution in [0.15, 0.2) is 109 Å². The maximum Gasteiger partial charge on any atom is 0.101 e. The van der Waals surface area contributed by atoms with Gasteiger partial charge in [-0.1, -0.05) is 60.7 Å². The Labute approximate surface area is 267 Å². The monoisotopic (exact) mass is 590 g/mol. The van der Waals surface area contributed by atoms with Crippen LogP contribution in [0.25, 0.3) is 66.1 Å². The summed E-state index contributed by atoms with van der Waals surface area (Å²) in [7, 11) is 0. The van der Waals surface area contributed by atoms with Crippen LogP contribution in [-0.4, -0.2) is 9.13 Å². The van der Waals surface area contributed by atoms with Crippen LogP contribution in [-0.2, 0) is 0 Å². The van der Waals surface area contributed by atoms with Gasteiger partial charge in [-0.2, -0.15) is 10.5 Å². The first-order chi connectivity index (χ1) is 22.4. The van der Waals surface area contributed by atoms with Crippen LogP contribution < -0.4 is 0 Å². The van der Waals surface area contributed by atoms with Crippen molar-refractivity contribution in [3.8, 4) is 34.6 Å². The van der Waals surface area contributed by atoms with Gasteiger partial charge < -0.3 is 9.13 Å². The maximum absolute atomic E-state index is 10.8. The minimum atomic E-state index is 0.576. The first-order valence-corrected chi connectivity index (χ1v) is 15.5. The number of aryl methyl sites for hydroxylation is 4. The van der Waals surface area contributed by atoms with Crippen molar-refractivity contribution in [2.45, 2.75) is 27.7 Å². The fraction of sp³-hybridized carbons (Fsp3) is 0.0952. The third kappa shape index (κ3) is 3.84. The van der Waals surface area contributed by atoms with Crippen LogP contribution >= 0.6 is 0 Å². The van der Waals surface area contributed by atoms with E-state index in [1.54, 1.807) is 0 Å². The van der Waals surface area contributed by atoms with Gasteiger partial charge in [0.2, 0.25) is 0 Å². The van der Waals surface area contributed by atoms with Gasteiger partial charge in [0.05, 0.1) is 50.6 Å². The van der Waals surface area contributed by atoms with Gasteiger partial charge >= 0.3 is 0 Å². The standard InChI is InChI=1S/C42H30N4/c1-25-10-5-16-33-39(25)40-26(2)11-6-17-34(40)45(33)37-22-32(30-15-9-14-29(20-30)23-43)38(21-31(37)24-44)46-35-18-7-12-27(3)41(35)42-28(4)13-8-19-36(42)46/h5-22H,1-4H3. The summed E-state index contributed by atoms with van der Waals surface area (Å²) in [5.74, 6) is 0. The topological polar surface area (TPSA) is 57.4 Å². The highest BCUT2D eigenvalue weighted by Crippen LogP contribution is 2.42. The van der Waals surface area contributed by atoms with Crippen LogP contribution in [0.3, 0.4) is 0 Å². The SMILES string of the molecule is Cc1cccc2c1c1c(C)cccc1n2-c1cc(-c2cccc(C#N)c2)c(-n2c3cccc(C)c3c3c(C)cccc32)cc1C#N. The van der Waals surface area contributed by atoms with Gasteiger partial charge in [-0.05, 0) is 104 Å². The molecule has 0 spiro atoms. The molecule has 2 heterocycles. The Balaban J connectivity index is 1.57. The number of benzene rings is 6. The van der Waals surface area contributed by atoms with Gasteiger partial charge in [0.25, 0.3) is 0 Å². The van der Waals surface area contributed by atoms with E-state index in [9.17, 15) is 10.5 Å². The molecule has 0 fully saturated rings. The Morgan fingerprint density at radius 2 is 0.891 bits per heavy atom. The molecule has 0 aliphatic rings. The highest BCUT2D eigenvalue weighted by molar-refractivity contribution is 6.14. The Kier molecular flexibility index (Phi) is 6.11. The number of rotatable bonds is 3. The van der Waals surface area contributed by atoms with E-state index in [1.165, 1.54) is 43.8 Å². The van der Waals surface area contributed by atoms with Gasteiger partial charge in [-0.15, -0.1) is 0 Å². The molecule has 0 bridgehead atoms. The molecule has 4 nitrogen and oxygen atoms in total. The lowest BCUT2D eigenvalue weighted by Gasteiger charge is -2.19. The van der Waals surface area contributed by atoms with E-state index < -0.39 is 0 Å². The molecule has 46 heavy (non-hydrogen) atoms. The van der Waals surface area contributed by atoms with Gasteiger partial charge in [-0.25, -0.2) is 0 Å². The molecule has 4 heteroatoms. The molecule has 8 aromatic rings. The normalized spacial score (nSPS) is 11.4. The number of nitriles is 2. The second-order valence-corrected chi connectivity index (χ2v) is 12.2. The van der Waals surface area contributed by atoms with E-state index in [4.69, 9.17) is 0 Å². The van der Waals surface area contributed by atoms with Crippen LogP contribution in [0, 0.1) is 50.4 Å². The molecule has 0 amide bonds.